The molecule has 7 heteroatoms. The fourth-order valence-electron chi connectivity index (χ4n) is 2.72. The molecular weight excluding hydrogens is 316 g/mol. The molecule has 0 bridgehead atoms. The largest absolute Gasteiger partial charge is 0.461 e. The summed E-state index contributed by atoms with van der Waals surface area (Å²) in [6, 6.07) is 14.0. The number of aryl methyl sites for hydroxylation is 2. The van der Waals surface area contributed by atoms with Gasteiger partial charge in [0, 0.05) is 12.7 Å². The fourth-order valence-corrected chi connectivity index (χ4v) is 2.72. The lowest BCUT2D eigenvalue weighted by Crippen LogP contribution is -2.01. The zero-order valence-corrected chi connectivity index (χ0v) is 13.6. The van der Waals surface area contributed by atoms with Crippen molar-refractivity contribution in [2.24, 2.45) is 0 Å². The first-order chi connectivity index (χ1) is 12.3. The van der Waals surface area contributed by atoms with E-state index >= 15 is 0 Å². The number of furan rings is 1. The molecule has 3 heterocycles. The van der Waals surface area contributed by atoms with Crippen molar-refractivity contribution in [2.75, 3.05) is 5.73 Å². The molecule has 0 saturated heterocycles. The zero-order chi connectivity index (χ0) is 17.1. The van der Waals surface area contributed by atoms with Crippen molar-refractivity contribution in [3.63, 3.8) is 0 Å². The van der Waals surface area contributed by atoms with E-state index in [0.717, 1.165) is 19.4 Å². The molecule has 0 aliphatic heterocycles. The Morgan fingerprint density at radius 3 is 2.80 bits per heavy atom. The Balaban J connectivity index is 1.45. The highest BCUT2D eigenvalue weighted by atomic mass is 16.3. The van der Waals surface area contributed by atoms with Crippen LogP contribution in [-0.4, -0.2) is 25.0 Å². The Hall–Kier alpha value is -3.35. The minimum atomic E-state index is 0.421. The van der Waals surface area contributed by atoms with Gasteiger partial charge in [-0.3, -0.25) is 9.78 Å². The first-order valence-corrected chi connectivity index (χ1v) is 8.13. The summed E-state index contributed by atoms with van der Waals surface area (Å²) < 4.78 is 7.16. The van der Waals surface area contributed by atoms with Crippen molar-refractivity contribution < 1.29 is 4.42 Å². The number of rotatable bonds is 6. The Morgan fingerprint density at radius 1 is 1.12 bits per heavy atom. The molecule has 0 aliphatic rings. The van der Waals surface area contributed by atoms with Crippen LogP contribution < -0.4 is 5.73 Å². The summed E-state index contributed by atoms with van der Waals surface area (Å²) in [5, 5.41) is 11.4. The van der Waals surface area contributed by atoms with Crippen LogP contribution >= 0.6 is 0 Å². The lowest BCUT2D eigenvalue weighted by molar-refractivity contribution is 0.577. The van der Waals surface area contributed by atoms with E-state index in [0.29, 0.717) is 28.8 Å². The predicted molar refractivity (Wildman–Crippen MR) is 94.5 cm³/mol. The van der Waals surface area contributed by atoms with Crippen molar-refractivity contribution in [1.82, 2.24) is 25.0 Å². The summed E-state index contributed by atoms with van der Waals surface area (Å²) >= 11 is 0. The molecule has 1 aromatic carbocycles. The van der Waals surface area contributed by atoms with Gasteiger partial charge < -0.3 is 10.2 Å². The van der Waals surface area contributed by atoms with Gasteiger partial charge in [0.2, 0.25) is 0 Å². The lowest BCUT2D eigenvalue weighted by Gasteiger charge is -2.01. The summed E-state index contributed by atoms with van der Waals surface area (Å²) in [4.78, 5) is 4.43. The number of benzene rings is 1. The molecule has 4 aromatic rings. The highest BCUT2D eigenvalue weighted by molar-refractivity contribution is 5.68. The summed E-state index contributed by atoms with van der Waals surface area (Å²) in [6.45, 7) is 0.786. The summed E-state index contributed by atoms with van der Waals surface area (Å²) in [7, 11) is 0. The average Bonchev–Trinajstić information content (AvgIpc) is 3.36. The maximum absolute atomic E-state index is 6.03. The van der Waals surface area contributed by atoms with Crippen molar-refractivity contribution in [3.8, 4) is 23.0 Å². The Bertz CT molecular complexity index is 939. The van der Waals surface area contributed by atoms with Gasteiger partial charge in [0.15, 0.2) is 23.2 Å². The minimum absolute atomic E-state index is 0.421. The van der Waals surface area contributed by atoms with Crippen LogP contribution in [0.3, 0.4) is 0 Å². The van der Waals surface area contributed by atoms with Crippen molar-refractivity contribution in [1.29, 1.82) is 0 Å². The third-order valence-electron chi connectivity index (χ3n) is 3.97. The second kappa shape index (κ2) is 6.64. The van der Waals surface area contributed by atoms with Crippen molar-refractivity contribution in [2.45, 2.75) is 19.4 Å². The topological polar surface area (TPSA) is 98.5 Å². The van der Waals surface area contributed by atoms with E-state index in [1.165, 1.54) is 5.56 Å². The van der Waals surface area contributed by atoms with E-state index in [2.05, 4.69) is 44.5 Å². The predicted octanol–water partition coefficient (Wildman–Crippen LogP) is 3.14. The van der Waals surface area contributed by atoms with Crippen LogP contribution in [0.2, 0.25) is 0 Å². The van der Waals surface area contributed by atoms with E-state index in [4.69, 9.17) is 10.2 Å². The molecule has 7 nitrogen and oxygen atoms in total. The average molecular weight is 334 g/mol. The smallest absolute Gasteiger partial charge is 0.192 e. The van der Waals surface area contributed by atoms with Crippen molar-refractivity contribution >= 4 is 5.82 Å². The zero-order valence-electron chi connectivity index (χ0n) is 13.6. The number of aromatic nitrogens is 5. The molecule has 25 heavy (non-hydrogen) atoms. The van der Waals surface area contributed by atoms with Gasteiger partial charge in [0.25, 0.3) is 0 Å². The SMILES string of the molecule is Nc1nn(CCCc2ccccc2)cc1-c1n[nH]c(-c2ccco2)n1. The maximum Gasteiger partial charge on any atom is 0.192 e. The molecule has 0 unspecified atom stereocenters. The van der Waals surface area contributed by atoms with Gasteiger partial charge in [-0.05, 0) is 30.5 Å². The Morgan fingerprint density at radius 2 is 2.00 bits per heavy atom. The first kappa shape index (κ1) is 15.2. The second-order valence-electron chi connectivity index (χ2n) is 5.77. The molecule has 0 fully saturated rings. The van der Waals surface area contributed by atoms with Crippen LogP contribution in [0, 0.1) is 0 Å². The molecule has 0 aliphatic carbocycles. The summed E-state index contributed by atoms with van der Waals surface area (Å²) in [6.07, 6.45) is 5.46. The van der Waals surface area contributed by atoms with Gasteiger partial charge in [-0.2, -0.15) is 10.2 Å². The van der Waals surface area contributed by atoms with Gasteiger partial charge in [-0.1, -0.05) is 30.3 Å². The summed E-state index contributed by atoms with van der Waals surface area (Å²) in [5.41, 5.74) is 8.07. The fraction of sp³-hybridized carbons (Fsp3) is 0.167. The van der Waals surface area contributed by atoms with Crippen LogP contribution in [0.25, 0.3) is 23.0 Å². The molecule has 0 radical (unpaired) electrons. The molecule has 4 rings (SSSR count). The second-order valence-corrected chi connectivity index (χ2v) is 5.77. The van der Waals surface area contributed by atoms with E-state index in [1.807, 2.05) is 23.0 Å². The van der Waals surface area contributed by atoms with Gasteiger partial charge in [-0.15, -0.1) is 0 Å². The number of aromatic amines is 1. The molecular formula is C18H18N6O. The number of nitrogens with two attached hydrogens (primary N) is 1. The number of H-pyrrole nitrogens is 1. The van der Waals surface area contributed by atoms with Gasteiger partial charge in [-0.25, -0.2) is 4.98 Å². The van der Waals surface area contributed by atoms with Crippen LogP contribution in [-0.2, 0) is 13.0 Å². The highest BCUT2D eigenvalue weighted by Gasteiger charge is 2.15. The Labute approximate surface area is 144 Å². The van der Waals surface area contributed by atoms with Gasteiger partial charge in [0.05, 0.1) is 11.8 Å². The Kier molecular flexibility index (Phi) is 4.04. The van der Waals surface area contributed by atoms with Crippen molar-refractivity contribution in [3.05, 3.63) is 60.5 Å². The molecule has 0 atom stereocenters. The first-order valence-electron chi connectivity index (χ1n) is 8.13. The quantitative estimate of drug-likeness (QED) is 0.564. The standard InChI is InChI=1S/C18H18N6O/c19-16-14(17-20-18(22-21-17)15-9-5-11-25-15)12-24(23-16)10-4-8-13-6-2-1-3-7-13/h1-3,5-7,9,11-12H,4,8,10H2,(H2,19,23)(H,20,21,22). The van der Waals surface area contributed by atoms with Crippen LogP contribution in [0.15, 0.2) is 59.3 Å². The van der Waals surface area contributed by atoms with E-state index in [-0.39, 0.29) is 0 Å². The lowest BCUT2D eigenvalue weighted by atomic mass is 10.1. The highest BCUT2D eigenvalue weighted by Crippen LogP contribution is 2.24. The molecule has 0 saturated carbocycles. The third-order valence-corrected chi connectivity index (χ3v) is 3.97. The molecule has 0 amide bonds. The van der Waals surface area contributed by atoms with Gasteiger partial charge >= 0.3 is 0 Å². The molecule has 3 N–H and O–H groups in total. The number of anilines is 1. The molecule has 0 spiro atoms. The third kappa shape index (κ3) is 3.30. The normalized spacial score (nSPS) is 11.0. The van der Waals surface area contributed by atoms with E-state index in [1.54, 1.807) is 12.3 Å². The molecule has 3 aromatic heterocycles. The van der Waals surface area contributed by atoms with Crippen LogP contribution in [0.5, 0.6) is 0 Å². The number of nitrogens with one attached hydrogen (secondary N) is 1. The minimum Gasteiger partial charge on any atom is -0.461 e. The van der Waals surface area contributed by atoms with Crippen LogP contribution in [0.1, 0.15) is 12.0 Å². The van der Waals surface area contributed by atoms with Crippen LogP contribution in [0.4, 0.5) is 5.82 Å². The monoisotopic (exact) mass is 334 g/mol. The number of nitrogens with zero attached hydrogens (tertiary/aromatic N) is 4. The number of hydrogen-bond acceptors (Lipinski definition) is 5. The van der Waals surface area contributed by atoms with E-state index < -0.39 is 0 Å². The summed E-state index contributed by atoms with van der Waals surface area (Å²) in [5.74, 6) is 2.13. The van der Waals surface area contributed by atoms with Gasteiger partial charge in [0.1, 0.15) is 0 Å². The maximum atomic E-state index is 6.03. The van der Waals surface area contributed by atoms with E-state index in [9.17, 15) is 0 Å². The molecule has 126 valence electrons. The number of hydrogen-bond donors (Lipinski definition) is 2. The number of nitrogen functional groups attached to an aromatic ring is 1.